The lowest BCUT2D eigenvalue weighted by Gasteiger charge is -2.26. The lowest BCUT2D eigenvalue weighted by molar-refractivity contribution is 0.0724. The molecule has 2 aromatic rings. The fraction of sp³-hybridized carbons (Fsp3) is 0.278. The molecule has 0 unspecified atom stereocenters. The number of piperidine rings is 1. The molecular weight excluding hydrogens is 310 g/mol. The number of benzene rings is 2. The predicted octanol–water partition coefficient (Wildman–Crippen LogP) is 3.15. The van der Waals surface area contributed by atoms with Crippen molar-refractivity contribution in [1.82, 2.24) is 4.90 Å². The molecule has 0 atom stereocenters. The first-order chi connectivity index (χ1) is 11.1. The molecule has 1 aliphatic heterocycles. The third kappa shape index (κ3) is 3.29. The smallest absolute Gasteiger partial charge is 0.253 e. The summed E-state index contributed by atoms with van der Waals surface area (Å²) in [5.41, 5.74) is 0.541. The zero-order valence-electron chi connectivity index (χ0n) is 12.8. The van der Waals surface area contributed by atoms with Crippen molar-refractivity contribution in [1.29, 1.82) is 0 Å². The number of amides is 1. The minimum absolute atomic E-state index is 0.0200. The molecule has 1 aliphatic rings. The molecule has 1 fully saturated rings. The Morgan fingerprint density at radius 2 is 1.35 bits per heavy atom. The van der Waals surface area contributed by atoms with Gasteiger partial charge < -0.3 is 4.90 Å². The molecule has 3 rings (SSSR count). The van der Waals surface area contributed by atoms with Crippen molar-refractivity contribution in [2.24, 2.45) is 0 Å². The molecule has 1 heterocycles. The first-order valence-electron chi connectivity index (χ1n) is 7.78. The fourth-order valence-corrected chi connectivity index (χ4v) is 4.07. The average Bonchev–Trinajstić information content (AvgIpc) is 2.63. The maximum Gasteiger partial charge on any atom is 0.253 e. The standard InChI is InChI=1S/C18H19NO3S/c20-18(19-13-5-2-6-14-19)15-9-11-17(12-10-15)23(21,22)16-7-3-1-4-8-16/h1,3-4,7-12H,2,5-6,13-14H2. The lowest BCUT2D eigenvalue weighted by Crippen LogP contribution is -2.35. The van der Waals surface area contributed by atoms with E-state index in [1.165, 1.54) is 12.1 Å². The van der Waals surface area contributed by atoms with E-state index >= 15 is 0 Å². The second-order valence-corrected chi connectivity index (χ2v) is 7.64. The summed E-state index contributed by atoms with van der Waals surface area (Å²) >= 11 is 0. The highest BCUT2D eigenvalue weighted by Crippen LogP contribution is 2.21. The van der Waals surface area contributed by atoms with Gasteiger partial charge in [0.25, 0.3) is 5.91 Å². The van der Waals surface area contributed by atoms with Crippen molar-refractivity contribution in [3.05, 3.63) is 60.2 Å². The van der Waals surface area contributed by atoms with Crippen LogP contribution in [0.3, 0.4) is 0 Å². The Hall–Kier alpha value is -2.14. The molecule has 1 saturated heterocycles. The first kappa shape index (κ1) is 15.7. The van der Waals surface area contributed by atoms with E-state index in [1.54, 1.807) is 42.5 Å². The largest absolute Gasteiger partial charge is 0.339 e. The summed E-state index contributed by atoms with van der Waals surface area (Å²) in [5.74, 6) is -0.0200. The minimum atomic E-state index is -3.53. The van der Waals surface area contributed by atoms with Gasteiger partial charge in [-0.1, -0.05) is 18.2 Å². The van der Waals surface area contributed by atoms with E-state index in [4.69, 9.17) is 0 Å². The van der Waals surface area contributed by atoms with Crippen molar-refractivity contribution in [2.45, 2.75) is 29.1 Å². The molecule has 4 nitrogen and oxygen atoms in total. The van der Waals surface area contributed by atoms with Crippen LogP contribution in [0.25, 0.3) is 0 Å². The van der Waals surface area contributed by atoms with Crippen molar-refractivity contribution in [3.8, 4) is 0 Å². The van der Waals surface area contributed by atoms with Crippen LogP contribution in [0, 0.1) is 0 Å². The summed E-state index contributed by atoms with van der Waals surface area (Å²) in [4.78, 5) is 14.7. The van der Waals surface area contributed by atoms with Crippen molar-refractivity contribution in [2.75, 3.05) is 13.1 Å². The van der Waals surface area contributed by atoms with Gasteiger partial charge in [0, 0.05) is 18.7 Å². The Labute approximate surface area is 136 Å². The Morgan fingerprint density at radius 1 is 0.783 bits per heavy atom. The number of likely N-dealkylation sites (tertiary alicyclic amines) is 1. The summed E-state index contributed by atoms with van der Waals surface area (Å²) in [5, 5.41) is 0. The molecule has 2 aromatic carbocycles. The van der Waals surface area contributed by atoms with Gasteiger partial charge in [-0.05, 0) is 55.7 Å². The molecule has 23 heavy (non-hydrogen) atoms. The molecule has 5 heteroatoms. The SMILES string of the molecule is O=C(c1ccc(S(=O)(=O)c2ccccc2)cc1)N1CCCCC1. The number of sulfone groups is 1. The average molecular weight is 329 g/mol. The van der Waals surface area contributed by atoms with Crippen LogP contribution in [0.2, 0.25) is 0 Å². The van der Waals surface area contributed by atoms with Gasteiger partial charge in [-0.15, -0.1) is 0 Å². The molecule has 120 valence electrons. The van der Waals surface area contributed by atoms with E-state index in [2.05, 4.69) is 0 Å². The van der Waals surface area contributed by atoms with Crippen molar-refractivity contribution in [3.63, 3.8) is 0 Å². The highest BCUT2D eigenvalue weighted by Gasteiger charge is 2.20. The number of carbonyl (C=O) groups excluding carboxylic acids is 1. The van der Waals surface area contributed by atoms with Gasteiger partial charge in [-0.2, -0.15) is 0 Å². The first-order valence-corrected chi connectivity index (χ1v) is 9.27. The van der Waals surface area contributed by atoms with E-state index in [-0.39, 0.29) is 15.7 Å². The van der Waals surface area contributed by atoms with Crippen LogP contribution in [0.4, 0.5) is 0 Å². The van der Waals surface area contributed by atoms with Gasteiger partial charge in [0.15, 0.2) is 0 Å². The van der Waals surface area contributed by atoms with Crippen LogP contribution >= 0.6 is 0 Å². The fourth-order valence-electron chi connectivity index (χ4n) is 2.79. The molecule has 1 amide bonds. The number of nitrogens with zero attached hydrogens (tertiary/aromatic N) is 1. The van der Waals surface area contributed by atoms with Crippen LogP contribution in [-0.2, 0) is 9.84 Å². The van der Waals surface area contributed by atoms with Gasteiger partial charge in [-0.3, -0.25) is 4.79 Å². The summed E-state index contributed by atoms with van der Waals surface area (Å²) in [6.45, 7) is 1.56. The van der Waals surface area contributed by atoms with Crippen LogP contribution in [0.1, 0.15) is 29.6 Å². The third-order valence-electron chi connectivity index (χ3n) is 4.11. The van der Waals surface area contributed by atoms with Crippen molar-refractivity contribution < 1.29 is 13.2 Å². The summed E-state index contributed by atoms with van der Waals surface area (Å²) in [7, 11) is -3.53. The minimum Gasteiger partial charge on any atom is -0.339 e. The molecule has 0 bridgehead atoms. The molecule has 0 aromatic heterocycles. The van der Waals surface area contributed by atoms with E-state index in [0.717, 1.165) is 32.4 Å². The Bertz CT molecular complexity index is 777. The number of carbonyl (C=O) groups is 1. The lowest BCUT2D eigenvalue weighted by atomic mass is 10.1. The quantitative estimate of drug-likeness (QED) is 0.869. The van der Waals surface area contributed by atoms with E-state index in [1.807, 2.05) is 4.90 Å². The van der Waals surface area contributed by atoms with Crippen molar-refractivity contribution >= 4 is 15.7 Å². The molecule has 0 N–H and O–H groups in total. The topological polar surface area (TPSA) is 54.5 Å². The Balaban J connectivity index is 1.83. The number of hydrogen-bond acceptors (Lipinski definition) is 3. The number of hydrogen-bond donors (Lipinski definition) is 0. The molecule has 0 aliphatic carbocycles. The third-order valence-corrected chi connectivity index (χ3v) is 5.89. The molecule has 0 radical (unpaired) electrons. The monoisotopic (exact) mass is 329 g/mol. The zero-order chi connectivity index (χ0) is 16.3. The van der Waals surface area contributed by atoms with E-state index in [0.29, 0.717) is 5.56 Å². The predicted molar refractivity (Wildman–Crippen MR) is 88.1 cm³/mol. The second kappa shape index (κ2) is 6.54. The van der Waals surface area contributed by atoms with Gasteiger partial charge in [0.2, 0.25) is 9.84 Å². The highest BCUT2D eigenvalue weighted by atomic mass is 32.2. The number of rotatable bonds is 3. The zero-order valence-corrected chi connectivity index (χ0v) is 13.6. The van der Waals surface area contributed by atoms with Crippen LogP contribution < -0.4 is 0 Å². The van der Waals surface area contributed by atoms with Gasteiger partial charge in [-0.25, -0.2) is 8.42 Å². The summed E-state index contributed by atoms with van der Waals surface area (Å²) in [6.07, 6.45) is 3.23. The van der Waals surface area contributed by atoms with E-state index in [9.17, 15) is 13.2 Å². The maximum absolute atomic E-state index is 12.5. The van der Waals surface area contributed by atoms with Gasteiger partial charge >= 0.3 is 0 Å². The van der Waals surface area contributed by atoms with Crippen LogP contribution in [0.15, 0.2) is 64.4 Å². The molecular formula is C18H19NO3S. The molecule has 0 saturated carbocycles. The van der Waals surface area contributed by atoms with E-state index < -0.39 is 9.84 Å². The van der Waals surface area contributed by atoms with Gasteiger partial charge in [0.05, 0.1) is 9.79 Å². The Morgan fingerprint density at radius 3 is 1.96 bits per heavy atom. The van der Waals surface area contributed by atoms with Crippen LogP contribution in [-0.4, -0.2) is 32.3 Å². The van der Waals surface area contributed by atoms with Gasteiger partial charge in [0.1, 0.15) is 0 Å². The second-order valence-electron chi connectivity index (χ2n) is 5.69. The molecule has 0 spiro atoms. The Kier molecular flexibility index (Phi) is 4.48. The normalized spacial score (nSPS) is 15.4. The maximum atomic E-state index is 12.5. The summed E-state index contributed by atoms with van der Waals surface area (Å²) < 4.78 is 25.0. The summed E-state index contributed by atoms with van der Waals surface area (Å²) in [6, 6.07) is 14.5. The van der Waals surface area contributed by atoms with Crippen LogP contribution in [0.5, 0.6) is 0 Å². The highest BCUT2D eigenvalue weighted by molar-refractivity contribution is 7.91.